The highest BCUT2D eigenvalue weighted by Crippen LogP contribution is 2.07. The zero-order valence-corrected chi connectivity index (χ0v) is 10.3. The van der Waals surface area contributed by atoms with E-state index in [4.69, 9.17) is 4.42 Å². The Hall–Kier alpha value is -2.11. The van der Waals surface area contributed by atoms with Crippen molar-refractivity contribution >= 4 is 17.1 Å². The Morgan fingerprint density at radius 1 is 1.56 bits per heavy atom. The van der Waals surface area contributed by atoms with E-state index < -0.39 is 5.76 Å². The second kappa shape index (κ2) is 5.03. The fourth-order valence-electron chi connectivity index (χ4n) is 1.56. The van der Waals surface area contributed by atoms with Crippen molar-refractivity contribution in [3.05, 3.63) is 28.9 Å². The molecule has 0 fully saturated rings. The summed E-state index contributed by atoms with van der Waals surface area (Å²) in [5, 5.41) is 2.74. The largest absolute Gasteiger partial charge is 0.421 e. The molecule has 2 rings (SSSR count). The number of carbonyl (C=O) groups excluding carboxylic acids is 1. The van der Waals surface area contributed by atoms with Crippen LogP contribution in [0.25, 0.3) is 11.2 Å². The van der Waals surface area contributed by atoms with E-state index in [1.807, 2.05) is 13.8 Å². The molecule has 96 valence electrons. The van der Waals surface area contributed by atoms with Gasteiger partial charge in [0.05, 0.1) is 0 Å². The smallest absolute Gasteiger partial charge is 0.406 e. The summed E-state index contributed by atoms with van der Waals surface area (Å²) in [6.45, 7) is 4.51. The molecular formula is C12H15N3O3. The van der Waals surface area contributed by atoms with Crippen molar-refractivity contribution in [3.8, 4) is 0 Å². The lowest BCUT2D eigenvalue weighted by molar-refractivity contribution is -0.121. The molecule has 0 saturated carbocycles. The molecule has 0 aliphatic heterocycles. The highest BCUT2D eigenvalue weighted by atomic mass is 16.4. The molecule has 0 aliphatic rings. The molecular weight excluding hydrogens is 234 g/mol. The molecule has 0 aliphatic carbocycles. The van der Waals surface area contributed by atoms with Gasteiger partial charge in [0.2, 0.25) is 5.91 Å². The fourth-order valence-corrected chi connectivity index (χ4v) is 1.56. The normalized spacial score (nSPS) is 11.1. The number of hydrogen-bond donors (Lipinski definition) is 1. The molecule has 0 radical (unpaired) electrons. The summed E-state index contributed by atoms with van der Waals surface area (Å²) in [4.78, 5) is 27.3. The first kappa shape index (κ1) is 12.3. The standard InChI is InChI=1S/C12H15N3O3/c1-8(2)6-14-10(16)7-15-11-9(18-12(15)17)4-3-5-13-11/h3-5,8H,6-7H2,1-2H3,(H,14,16). The number of nitrogens with one attached hydrogen (secondary N) is 1. The molecule has 1 N–H and O–H groups in total. The van der Waals surface area contributed by atoms with Crippen LogP contribution in [0.3, 0.4) is 0 Å². The lowest BCUT2D eigenvalue weighted by atomic mass is 10.2. The second-order valence-electron chi connectivity index (χ2n) is 4.48. The number of amides is 1. The van der Waals surface area contributed by atoms with Crippen molar-refractivity contribution in [1.82, 2.24) is 14.9 Å². The molecule has 1 amide bonds. The van der Waals surface area contributed by atoms with Gasteiger partial charge < -0.3 is 9.73 Å². The molecule has 0 bridgehead atoms. The van der Waals surface area contributed by atoms with Crippen molar-refractivity contribution in [1.29, 1.82) is 0 Å². The summed E-state index contributed by atoms with van der Waals surface area (Å²) in [6, 6.07) is 3.32. The molecule has 0 aromatic carbocycles. The summed E-state index contributed by atoms with van der Waals surface area (Å²) >= 11 is 0. The Labute approximate surface area is 104 Å². The predicted molar refractivity (Wildman–Crippen MR) is 66.1 cm³/mol. The number of hydrogen-bond acceptors (Lipinski definition) is 4. The zero-order valence-electron chi connectivity index (χ0n) is 10.3. The number of rotatable bonds is 4. The molecule has 0 spiro atoms. The van der Waals surface area contributed by atoms with Crippen LogP contribution in [0.2, 0.25) is 0 Å². The van der Waals surface area contributed by atoms with Crippen molar-refractivity contribution < 1.29 is 9.21 Å². The van der Waals surface area contributed by atoms with Gasteiger partial charge in [0.25, 0.3) is 0 Å². The number of fused-ring (bicyclic) bond motifs is 1. The van der Waals surface area contributed by atoms with E-state index in [0.29, 0.717) is 23.7 Å². The maximum Gasteiger partial charge on any atom is 0.421 e. The van der Waals surface area contributed by atoms with Gasteiger partial charge in [-0.1, -0.05) is 13.8 Å². The Morgan fingerprint density at radius 2 is 2.33 bits per heavy atom. The zero-order chi connectivity index (χ0) is 13.1. The quantitative estimate of drug-likeness (QED) is 0.867. The lowest BCUT2D eigenvalue weighted by Crippen LogP contribution is -2.33. The number of pyridine rings is 1. The van der Waals surface area contributed by atoms with Gasteiger partial charge in [-0.2, -0.15) is 0 Å². The van der Waals surface area contributed by atoms with E-state index >= 15 is 0 Å². The Morgan fingerprint density at radius 3 is 3.06 bits per heavy atom. The number of oxazole rings is 1. The van der Waals surface area contributed by atoms with Gasteiger partial charge in [-0.05, 0) is 18.1 Å². The minimum atomic E-state index is -0.566. The topological polar surface area (TPSA) is 77.1 Å². The van der Waals surface area contributed by atoms with Gasteiger partial charge in [-0.15, -0.1) is 0 Å². The van der Waals surface area contributed by atoms with Crippen molar-refractivity contribution in [2.24, 2.45) is 5.92 Å². The average Bonchev–Trinajstić information content (AvgIpc) is 2.64. The molecule has 2 aromatic heterocycles. The van der Waals surface area contributed by atoms with Crippen LogP contribution in [0.4, 0.5) is 0 Å². The molecule has 0 saturated heterocycles. The van der Waals surface area contributed by atoms with Gasteiger partial charge >= 0.3 is 5.76 Å². The van der Waals surface area contributed by atoms with Gasteiger partial charge in [0, 0.05) is 12.7 Å². The highest BCUT2D eigenvalue weighted by molar-refractivity contribution is 5.78. The minimum absolute atomic E-state index is 0.0738. The van der Waals surface area contributed by atoms with Crippen LogP contribution in [0.5, 0.6) is 0 Å². The van der Waals surface area contributed by atoms with Crippen LogP contribution in [0, 0.1) is 5.92 Å². The van der Waals surface area contributed by atoms with Gasteiger partial charge in [0.15, 0.2) is 11.2 Å². The SMILES string of the molecule is CC(C)CNC(=O)Cn1c(=O)oc2cccnc21. The summed E-state index contributed by atoms with van der Waals surface area (Å²) in [5.74, 6) is -0.424. The third kappa shape index (κ3) is 2.58. The number of aromatic nitrogens is 2. The molecule has 0 unspecified atom stereocenters. The second-order valence-corrected chi connectivity index (χ2v) is 4.48. The van der Waals surface area contributed by atoms with Crippen molar-refractivity contribution in [2.45, 2.75) is 20.4 Å². The Bertz CT molecular complexity index is 612. The van der Waals surface area contributed by atoms with Crippen LogP contribution in [-0.2, 0) is 11.3 Å². The van der Waals surface area contributed by atoms with Crippen LogP contribution >= 0.6 is 0 Å². The molecule has 6 nitrogen and oxygen atoms in total. The van der Waals surface area contributed by atoms with E-state index in [-0.39, 0.29) is 12.5 Å². The van der Waals surface area contributed by atoms with Crippen LogP contribution < -0.4 is 11.1 Å². The average molecular weight is 249 g/mol. The lowest BCUT2D eigenvalue weighted by Gasteiger charge is -2.07. The third-order valence-electron chi connectivity index (χ3n) is 2.43. The van der Waals surface area contributed by atoms with Crippen molar-refractivity contribution in [3.63, 3.8) is 0 Å². The van der Waals surface area contributed by atoms with Crippen LogP contribution in [-0.4, -0.2) is 22.0 Å². The van der Waals surface area contributed by atoms with E-state index in [1.165, 1.54) is 4.57 Å². The van der Waals surface area contributed by atoms with Gasteiger partial charge in [-0.3, -0.25) is 4.79 Å². The van der Waals surface area contributed by atoms with Crippen molar-refractivity contribution in [2.75, 3.05) is 6.54 Å². The Kier molecular flexibility index (Phi) is 3.45. The molecule has 2 heterocycles. The van der Waals surface area contributed by atoms with Gasteiger partial charge in [0.1, 0.15) is 6.54 Å². The van der Waals surface area contributed by atoms with E-state index in [0.717, 1.165) is 0 Å². The maximum absolute atomic E-state index is 11.7. The first-order valence-electron chi connectivity index (χ1n) is 5.79. The van der Waals surface area contributed by atoms with E-state index in [1.54, 1.807) is 18.3 Å². The molecule has 2 aromatic rings. The molecule has 0 atom stereocenters. The molecule has 18 heavy (non-hydrogen) atoms. The monoisotopic (exact) mass is 249 g/mol. The third-order valence-corrected chi connectivity index (χ3v) is 2.43. The van der Waals surface area contributed by atoms with Crippen LogP contribution in [0.1, 0.15) is 13.8 Å². The summed E-state index contributed by atoms with van der Waals surface area (Å²) < 4.78 is 6.22. The highest BCUT2D eigenvalue weighted by Gasteiger charge is 2.13. The summed E-state index contributed by atoms with van der Waals surface area (Å²) in [6.07, 6.45) is 1.56. The predicted octanol–water partition coefficient (Wildman–Crippen LogP) is 0.762. The van der Waals surface area contributed by atoms with Gasteiger partial charge in [-0.25, -0.2) is 14.3 Å². The number of carbonyl (C=O) groups is 1. The first-order chi connectivity index (χ1) is 8.58. The van der Waals surface area contributed by atoms with Crippen LogP contribution in [0.15, 0.2) is 27.5 Å². The minimum Gasteiger partial charge on any atom is -0.406 e. The Balaban J connectivity index is 2.19. The fraction of sp³-hybridized carbons (Fsp3) is 0.417. The summed E-state index contributed by atoms with van der Waals surface area (Å²) in [5.41, 5.74) is 0.779. The maximum atomic E-state index is 11.7. The molecule has 6 heteroatoms. The summed E-state index contributed by atoms with van der Waals surface area (Å²) in [7, 11) is 0. The van der Waals surface area contributed by atoms with E-state index in [9.17, 15) is 9.59 Å². The first-order valence-corrected chi connectivity index (χ1v) is 5.79. The number of nitrogens with zero attached hydrogens (tertiary/aromatic N) is 2. The van der Waals surface area contributed by atoms with E-state index in [2.05, 4.69) is 10.3 Å².